The standard InChI is InChI=1S/C16H15N3O3/c1-10-5-6-12(8-11(10)2)21-9-14(20)18-16-19-15-13(22-16)4-3-7-17-15/h3-8H,9H2,1-2H3,(H,17,18,19,20). The van der Waals surface area contributed by atoms with Gasteiger partial charge in [0, 0.05) is 6.20 Å². The molecule has 1 amide bonds. The number of anilines is 1. The van der Waals surface area contributed by atoms with Crippen LogP contribution in [0.25, 0.3) is 11.2 Å². The van der Waals surface area contributed by atoms with Crippen molar-refractivity contribution in [2.45, 2.75) is 13.8 Å². The van der Waals surface area contributed by atoms with Gasteiger partial charge in [-0.3, -0.25) is 10.1 Å². The van der Waals surface area contributed by atoms with Crippen LogP contribution in [0, 0.1) is 13.8 Å². The van der Waals surface area contributed by atoms with E-state index in [1.54, 1.807) is 18.3 Å². The molecule has 0 atom stereocenters. The third kappa shape index (κ3) is 3.06. The molecule has 0 aliphatic carbocycles. The molecule has 0 radical (unpaired) electrons. The summed E-state index contributed by atoms with van der Waals surface area (Å²) in [6, 6.07) is 9.26. The fourth-order valence-electron chi connectivity index (χ4n) is 1.93. The molecule has 0 bridgehead atoms. The van der Waals surface area contributed by atoms with E-state index < -0.39 is 0 Å². The molecule has 22 heavy (non-hydrogen) atoms. The smallest absolute Gasteiger partial charge is 0.304 e. The predicted octanol–water partition coefficient (Wildman–Crippen LogP) is 2.86. The second-order valence-corrected chi connectivity index (χ2v) is 4.93. The molecule has 0 saturated carbocycles. The second kappa shape index (κ2) is 5.85. The van der Waals surface area contributed by atoms with E-state index in [-0.39, 0.29) is 18.5 Å². The lowest BCUT2D eigenvalue weighted by Crippen LogP contribution is -2.20. The van der Waals surface area contributed by atoms with Crippen molar-refractivity contribution >= 4 is 23.2 Å². The van der Waals surface area contributed by atoms with E-state index in [1.165, 1.54) is 5.56 Å². The van der Waals surface area contributed by atoms with Gasteiger partial charge in [-0.2, -0.15) is 4.98 Å². The Labute approximate surface area is 127 Å². The summed E-state index contributed by atoms with van der Waals surface area (Å²) in [5.41, 5.74) is 3.26. The molecule has 1 aromatic carbocycles. The molecule has 2 aromatic heterocycles. The Morgan fingerprint density at radius 1 is 1.27 bits per heavy atom. The van der Waals surface area contributed by atoms with Crippen LogP contribution in [0.4, 0.5) is 6.01 Å². The fraction of sp³-hybridized carbons (Fsp3) is 0.188. The van der Waals surface area contributed by atoms with E-state index in [4.69, 9.17) is 9.15 Å². The van der Waals surface area contributed by atoms with Gasteiger partial charge >= 0.3 is 6.01 Å². The number of carbonyl (C=O) groups is 1. The van der Waals surface area contributed by atoms with E-state index in [0.29, 0.717) is 17.0 Å². The van der Waals surface area contributed by atoms with Crippen LogP contribution in [0.5, 0.6) is 5.75 Å². The minimum atomic E-state index is -0.343. The predicted molar refractivity (Wildman–Crippen MR) is 81.8 cm³/mol. The maximum absolute atomic E-state index is 11.9. The molecule has 0 unspecified atom stereocenters. The van der Waals surface area contributed by atoms with Gasteiger partial charge in [0.25, 0.3) is 5.91 Å². The first-order valence-corrected chi connectivity index (χ1v) is 6.83. The molecular formula is C16H15N3O3. The highest BCUT2D eigenvalue weighted by Crippen LogP contribution is 2.17. The summed E-state index contributed by atoms with van der Waals surface area (Å²) in [7, 11) is 0. The minimum Gasteiger partial charge on any atom is -0.484 e. The first-order chi connectivity index (χ1) is 10.6. The quantitative estimate of drug-likeness (QED) is 0.801. The van der Waals surface area contributed by atoms with Gasteiger partial charge < -0.3 is 9.15 Å². The van der Waals surface area contributed by atoms with E-state index in [2.05, 4.69) is 15.3 Å². The molecule has 0 saturated heterocycles. The van der Waals surface area contributed by atoms with Crippen LogP contribution in [-0.4, -0.2) is 22.5 Å². The lowest BCUT2D eigenvalue weighted by atomic mass is 10.1. The van der Waals surface area contributed by atoms with E-state index in [1.807, 2.05) is 32.0 Å². The fourth-order valence-corrected chi connectivity index (χ4v) is 1.93. The van der Waals surface area contributed by atoms with Crippen molar-refractivity contribution in [1.29, 1.82) is 0 Å². The van der Waals surface area contributed by atoms with Gasteiger partial charge in [-0.25, -0.2) is 4.98 Å². The second-order valence-electron chi connectivity index (χ2n) is 4.93. The normalized spacial score (nSPS) is 10.6. The molecular weight excluding hydrogens is 282 g/mol. The van der Waals surface area contributed by atoms with Gasteiger partial charge in [0.2, 0.25) is 5.65 Å². The first-order valence-electron chi connectivity index (χ1n) is 6.83. The first kappa shape index (κ1) is 14.1. The molecule has 6 heteroatoms. The van der Waals surface area contributed by atoms with E-state index in [9.17, 15) is 4.79 Å². The lowest BCUT2D eigenvalue weighted by molar-refractivity contribution is -0.118. The summed E-state index contributed by atoms with van der Waals surface area (Å²) >= 11 is 0. The minimum absolute atomic E-state index is 0.113. The number of aromatic nitrogens is 2. The highest BCUT2D eigenvalue weighted by molar-refractivity contribution is 5.90. The number of aryl methyl sites for hydroxylation is 2. The lowest BCUT2D eigenvalue weighted by Gasteiger charge is -2.07. The number of rotatable bonds is 4. The van der Waals surface area contributed by atoms with Crippen LogP contribution in [0.15, 0.2) is 40.9 Å². The monoisotopic (exact) mass is 297 g/mol. The van der Waals surface area contributed by atoms with Gasteiger partial charge in [-0.15, -0.1) is 0 Å². The van der Waals surface area contributed by atoms with E-state index in [0.717, 1.165) is 5.56 Å². The number of hydrogen-bond acceptors (Lipinski definition) is 5. The van der Waals surface area contributed by atoms with Crippen molar-refractivity contribution in [3.05, 3.63) is 47.7 Å². The molecule has 3 rings (SSSR count). The van der Waals surface area contributed by atoms with Gasteiger partial charge in [0.1, 0.15) is 5.75 Å². The zero-order valence-corrected chi connectivity index (χ0v) is 12.3. The molecule has 0 spiro atoms. The molecule has 0 aliphatic heterocycles. The van der Waals surface area contributed by atoms with Crippen molar-refractivity contribution < 1.29 is 13.9 Å². The van der Waals surface area contributed by atoms with Gasteiger partial charge in [0.15, 0.2) is 12.2 Å². The average Bonchev–Trinajstić information content (AvgIpc) is 2.90. The molecule has 0 fully saturated rings. The summed E-state index contributed by atoms with van der Waals surface area (Å²) in [6.07, 6.45) is 1.61. The van der Waals surface area contributed by atoms with Crippen LogP contribution >= 0.6 is 0 Å². The summed E-state index contributed by atoms with van der Waals surface area (Å²) < 4.78 is 10.8. The van der Waals surface area contributed by atoms with Crippen molar-refractivity contribution in [3.8, 4) is 5.75 Å². The number of ether oxygens (including phenoxy) is 1. The largest absolute Gasteiger partial charge is 0.484 e. The summed E-state index contributed by atoms with van der Waals surface area (Å²) in [6.45, 7) is 3.90. The van der Waals surface area contributed by atoms with Crippen LogP contribution in [0.2, 0.25) is 0 Å². The zero-order valence-electron chi connectivity index (χ0n) is 12.3. The Balaban J connectivity index is 1.61. The van der Waals surface area contributed by atoms with E-state index >= 15 is 0 Å². The number of pyridine rings is 1. The molecule has 3 aromatic rings. The number of hydrogen-bond donors (Lipinski definition) is 1. The SMILES string of the molecule is Cc1ccc(OCC(=O)Nc2nc3ncccc3o2)cc1C. The number of benzene rings is 1. The molecule has 0 aliphatic rings. The number of fused-ring (bicyclic) bond motifs is 1. The van der Waals surface area contributed by atoms with Crippen molar-refractivity contribution in [2.75, 3.05) is 11.9 Å². The third-order valence-electron chi connectivity index (χ3n) is 3.26. The highest BCUT2D eigenvalue weighted by Gasteiger charge is 2.10. The van der Waals surface area contributed by atoms with Crippen molar-refractivity contribution in [3.63, 3.8) is 0 Å². The average molecular weight is 297 g/mol. The maximum Gasteiger partial charge on any atom is 0.304 e. The Bertz CT molecular complexity index is 793. The number of oxazole rings is 1. The Kier molecular flexibility index (Phi) is 3.74. The molecule has 2 heterocycles. The summed E-state index contributed by atoms with van der Waals surface area (Å²) in [5, 5.41) is 2.55. The van der Waals surface area contributed by atoms with Crippen molar-refractivity contribution in [1.82, 2.24) is 9.97 Å². The number of carbonyl (C=O) groups excluding carboxylic acids is 1. The number of nitrogens with one attached hydrogen (secondary N) is 1. The molecule has 112 valence electrons. The number of nitrogens with zero attached hydrogens (tertiary/aromatic N) is 2. The van der Waals surface area contributed by atoms with Crippen LogP contribution < -0.4 is 10.1 Å². The van der Waals surface area contributed by atoms with Gasteiger partial charge in [-0.05, 0) is 49.2 Å². The number of amides is 1. The highest BCUT2D eigenvalue weighted by atomic mass is 16.5. The van der Waals surface area contributed by atoms with Crippen LogP contribution in [-0.2, 0) is 4.79 Å². The molecule has 1 N–H and O–H groups in total. The molecule has 6 nitrogen and oxygen atoms in total. The Morgan fingerprint density at radius 3 is 2.91 bits per heavy atom. The maximum atomic E-state index is 11.9. The summed E-state index contributed by atoms with van der Waals surface area (Å²) in [4.78, 5) is 20.0. The summed E-state index contributed by atoms with van der Waals surface area (Å²) in [5.74, 6) is 0.308. The van der Waals surface area contributed by atoms with Crippen molar-refractivity contribution in [2.24, 2.45) is 0 Å². The van der Waals surface area contributed by atoms with Gasteiger partial charge in [-0.1, -0.05) is 6.07 Å². The van der Waals surface area contributed by atoms with Gasteiger partial charge in [0.05, 0.1) is 0 Å². The Hall–Kier alpha value is -2.89. The Morgan fingerprint density at radius 2 is 2.14 bits per heavy atom. The van der Waals surface area contributed by atoms with Crippen LogP contribution in [0.1, 0.15) is 11.1 Å². The zero-order chi connectivity index (χ0) is 15.5. The van der Waals surface area contributed by atoms with Crippen LogP contribution in [0.3, 0.4) is 0 Å². The topological polar surface area (TPSA) is 77.2 Å². The third-order valence-corrected chi connectivity index (χ3v) is 3.26.